The van der Waals surface area contributed by atoms with Crippen LogP contribution in [0.15, 0.2) is 30.5 Å². The highest BCUT2D eigenvalue weighted by Gasteiger charge is 2.70. The molecule has 178 valence electrons. The molecular formula is C22H23ClF3N3O4. The van der Waals surface area contributed by atoms with Gasteiger partial charge in [-0.3, -0.25) is 14.2 Å². The molecule has 1 aromatic carbocycles. The minimum Gasteiger partial charge on any atom is -0.480 e. The summed E-state index contributed by atoms with van der Waals surface area (Å²) in [6.07, 6.45) is -1.85. The van der Waals surface area contributed by atoms with Crippen LogP contribution >= 0.6 is 11.6 Å². The summed E-state index contributed by atoms with van der Waals surface area (Å²) in [5, 5.41) is 18.5. The number of carbonyl (C=O) groups is 1. The Morgan fingerprint density at radius 2 is 2.09 bits per heavy atom. The zero-order chi connectivity index (χ0) is 23.4. The number of benzene rings is 1. The first kappa shape index (κ1) is 22.5. The predicted octanol–water partition coefficient (Wildman–Crippen LogP) is 3.64. The highest BCUT2D eigenvalue weighted by Crippen LogP contribution is 2.67. The fourth-order valence-electron chi connectivity index (χ4n) is 5.30. The van der Waals surface area contributed by atoms with Gasteiger partial charge in [-0.2, -0.15) is 5.10 Å². The lowest BCUT2D eigenvalue weighted by Gasteiger charge is -2.70. The SMILES string of the molecule is O=C(NC12CC(c3ccn(CCCOC(F)(F)F)n3)(C1)C2)[C@H]1C[C@@H](O)c2cc(Cl)ccc2O1. The first-order valence-electron chi connectivity index (χ1n) is 10.8. The molecule has 0 saturated heterocycles. The van der Waals surface area contributed by atoms with Crippen LogP contribution in [0.1, 0.15) is 49.5 Å². The van der Waals surface area contributed by atoms with E-state index in [0.717, 1.165) is 25.0 Å². The van der Waals surface area contributed by atoms with Crippen LogP contribution in [0.5, 0.6) is 5.75 Å². The Bertz CT molecular complexity index is 1050. The largest absolute Gasteiger partial charge is 0.522 e. The third kappa shape index (κ3) is 4.31. The number of ether oxygens (including phenoxy) is 2. The monoisotopic (exact) mass is 485 g/mol. The van der Waals surface area contributed by atoms with Crippen molar-refractivity contribution in [3.8, 4) is 5.75 Å². The van der Waals surface area contributed by atoms with E-state index < -0.39 is 25.2 Å². The van der Waals surface area contributed by atoms with Crippen molar-refractivity contribution < 1.29 is 32.5 Å². The average Bonchev–Trinajstić information content (AvgIpc) is 3.15. The van der Waals surface area contributed by atoms with Gasteiger partial charge in [0.15, 0.2) is 6.10 Å². The summed E-state index contributed by atoms with van der Waals surface area (Å²) in [4.78, 5) is 12.8. The van der Waals surface area contributed by atoms with E-state index in [1.807, 2.05) is 6.07 Å². The van der Waals surface area contributed by atoms with Crippen LogP contribution in [0, 0.1) is 0 Å². The maximum Gasteiger partial charge on any atom is 0.522 e. The second-order valence-electron chi connectivity index (χ2n) is 9.23. The minimum atomic E-state index is -4.61. The normalized spacial score (nSPS) is 30.0. The number of nitrogens with zero attached hydrogens (tertiary/aromatic N) is 2. The molecular weight excluding hydrogens is 463 g/mol. The Kier molecular flexibility index (Phi) is 5.37. The van der Waals surface area contributed by atoms with E-state index in [1.54, 1.807) is 29.1 Å². The van der Waals surface area contributed by atoms with Crippen molar-refractivity contribution in [3.63, 3.8) is 0 Å². The van der Waals surface area contributed by atoms with Gasteiger partial charge < -0.3 is 15.2 Å². The Morgan fingerprint density at radius 3 is 2.82 bits per heavy atom. The molecule has 4 aliphatic rings. The molecule has 6 rings (SSSR count). The summed E-state index contributed by atoms with van der Waals surface area (Å²) < 4.78 is 47.4. The Balaban J connectivity index is 1.12. The number of hydrogen-bond donors (Lipinski definition) is 2. The summed E-state index contributed by atoms with van der Waals surface area (Å²) in [6, 6.07) is 6.84. The van der Waals surface area contributed by atoms with Gasteiger partial charge in [-0.25, -0.2) is 0 Å². The number of aliphatic hydroxyl groups excluding tert-OH is 1. The minimum absolute atomic E-state index is 0.0999. The molecule has 0 spiro atoms. The number of halogens is 4. The molecule has 2 aromatic rings. The Labute approximate surface area is 192 Å². The fraction of sp³-hybridized carbons (Fsp3) is 0.545. The van der Waals surface area contributed by atoms with Crippen LogP contribution < -0.4 is 10.1 Å². The smallest absolute Gasteiger partial charge is 0.480 e. The van der Waals surface area contributed by atoms with Crippen molar-refractivity contribution in [3.05, 3.63) is 46.7 Å². The number of alkyl halides is 3. The quantitative estimate of drug-likeness (QED) is 0.585. The van der Waals surface area contributed by atoms with E-state index in [-0.39, 0.29) is 29.7 Å². The molecule has 3 aliphatic carbocycles. The molecule has 11 heteroatoms. The number of aliphatic hydroxyl groups is 1. The second kappa shape index (κ2) is 7.89. The maximum atomic E-state index is 12.8. The van der Waals surface area contributed by atoms with Gasteiger partial charge in [-0.05, 0) is 49.9 Å². The number of nitrogens with one attached hydrogen (secondary N) is 1. The van der Waals surface area contributed by atoms with Crippen LogP contribution in [0.25, 0.3) is 0 Å². The first-order valence-corrected chi connectivity index (χ1v) is 11.2. The van der Waals surface area contributed by atoms with Crippen LogP contribution in [0.3, 0.4) is 0 Å². The average molecular weight is 486 g/mol. The number of hydrogen-bond acceptors (Lipinski definition) is 5. The standard InChI is InChI=1S/C22H23ClF3N3O4/c23-13-2-3-16-14(8-13)15(30)9-17(33-16)19(31)27-21-10-20(11-21,12-21)18-4-6-29(28-18)5-1-7-32-22(24,25)26/h2-4,6,8,15,17,30H,1,5,7,9-12H2,(H,27,31)/t15-,17-,20?,21?/m1/s1. The number of aryl methyl sites for hydroxylation is 1. The lowest BCUT2D eigenvalue weighted by atomic mass is 9.38. The third-order valence-corrected chi connectivity index (χ3v) is 6.96. The van der Waals surface area contributed by atoms with E-state index in [4.69, 9.17) is 16.3 Å². The predicted molar refractivity (Wildman–Crippen MR) is 111 cm³/mol. The van der Waals surface area contributed by atoms with Gasteiger partial charge in [-0.1, -0.05) is 11.6 Å². The molecule has 1 aromatic heterocycles. The van der Waals surface area contributed by atoms with Crippen molar-refractivity contribution in [1.29, 1.82) is 0 Å². The number of carbonyl (C=O) groups excluding carboxylic acids is 1. The topological polar surface area (TPSA) is 85.6 Å². The van der Waals surface area contributed by atoms with Gasteiger partial charge in [0, 0.05) is 40.7 Å². The second-order valence-corrected chi connectivity index (χ2v) is 9.67. The maximum absolute atomic E-state index is 12.8. The highest BCUT2D eigenvalue weighted by molar-refractivity contribution is 6.30. The third-order valence-electron chi connectivity index (χ3n) is 6.73. The molecule has 7 nitrogen and oxygen atoms in total. The van der Waals surface area contributed by atoms with Crippen LogP contribution in [0.4, 0.5) is 13.2 Å². The van der Waals surface area contributed by atoms with Crippen molar-refractivity contribution >= 4 is 17.5 Å². The van der Waals surface area contributed by atoms with E-state index >= 15 is 0 Å². The molecule has 1 amide bonds. The van der Waals surface area contributed by atoms with Gasteiger partial charge in [0.2, 0.25) is 0 Å². The first-order chi connectivity index (χ1) is 15.6. The molecule has 0 unspecified atom stereocenters. The Morgan fingerprint density at radius 1 is 1.33 bits per heavy atom. The highest BCUT2D eigenvalue weighted by atomic mass is 35.5. The number of fused-ring (bicyclic) bond motifs is 1. The molecule has 33 heavy (non-hydrogen) atoms. The van der Waals surface area contributed by atoms with E-state index in [1.165, 1.54) is 0 Å². The van der Waals surface area contributed by atoms with Gasteiger partial charge >= 0.3 is 6.36 Å². The molecule has 2 heterocycles. The van der Waals surface area contributed by atoms with E-state index in [0.29, 0.717) is 22.9 Å². The van der Waals surface area contributed by atoms with Gasteiger partial charge in [-0.15, -0.1) is 13.2 Å². The molecule has 3 fully saturated rings. The van der Waals surface area contributed by atoms with Crippen LogP contribution in [0.2, 0.25) is 5.02 Å². The summed E-state index contributed by atoms with van der Waals surface area (Å²) in [7, 11) is 0. The lowest BCUT2D eigenvalue weighted by Crippen LogP contribution is -2.77. The van der Waals surface area contributed by atoms with Crippen molar-refractivity contribution in [2.45, 2.75) is 68.2 Å². The molecule has 2 bridgehead atoms. The molecule has 2 N–H and O–H groups in total. The van der Waals surface area contributed by atoms with Gasteiger partial charge in [0.05, 0.1) is 18.4 Å². The van der Waals surface area contributed by atoms with Crippen LogP contribution in [-0.4, -0.2) is 45.4 Å². The Hall–Kier alpha value is -2.30. The molecule has 1 aliphatic heterocycles. The van der Waals surface area contributed by atoms with Crippen molar-refractivity contribution in [2.24, 2.45) is 0 Å². The van der Waals surface area contributed by atoms with Crippen molar-refractivity contribution in [2.75, 3.05) is 6.61 Å². The molecule has 0 radical (unpaired) electrons. The van der Waals surface area contributed by atoms with Crippen LogP contribution in [-0.2, 0) is 21.5 Å². The summed E-state index contributed by atoms with van der Waals surface area (Å²) in [5.41, 5.74) is 1.08. The number of aromatic nitrogens is 2. The zero-order valence-electron chi connectivity index (χ0n) is 17.6. The summed E-state index contributed by atoms with van der Waals surface area (Å²) >= 11 is 5.97. The van der Waals surface area contributed by atoms with Gasteiger partial charge in [0.25, 0.3) is 5.91 Å². The number of rotatable bonds is 7. The fourth-order valence-corrected chi connectivity index (χ4v) is 5.48. The molecule has 2 atom stereocenters. The van der Waals surface area contributed by atoms with E-state index in [2.05, 4.69) is 15.2 Å². The van der Waals surface area contributed by atoms with Crippen molar-refractivity contribution in [1.82, 2.24) is 15.1 Å². The van der Waals surface area contributed by atoms with Gasteiger partial charge in [0.1, 0.15) is 5.75 Å². The lowest BCUT2D eigenvalue weighted by molar-refractivity contribution is -0.324. The summed E-state index contributed by atoms with van der Waals surface area (Å²) in [5.74, 6) is 0.205. The summed E-state index contributed by atoms with van der Waals surface area (Å²) in [6.45, 7) is -0.0729. The zero-order valence-corrected chi connectivity index (χ0v) is 18.3. The number of amides is 1. The molecule has 3 saturated carbocycles. The van der Waals surface area contributed by atoms with E-state index in [9.17, 15) is 23.1 Å².